The van der Waals surface area contributed by atoms with Crippen molar-refractivity contribution in [3.8, 4) is 0 Å². The van der Waals surface area contributed by atoms with Crippen LogP contribution in [0.25, 0.3) is 0 Å². The predicted molar refractivity (Wildman–Crippen MR) is 58.4 cm³/mol. The monoisotopic (exact) mass is 212 g/mol. The largest absolute Gasteiger partial charge is 0.371 e. The Morgan fingerprint density at radius 3 is 3.00 bits per heavy atom. The molecule has 86 valence electrons. The molecule has 0 saturated heterocycles. The molecule has 1 rings (SSSR count). The molecular formula is C11H20N2O2. The fourth-order valence-electron chi connectivity index (χ4n) is 1.15. The van der Waals surface area contributed by atoms with E-state index in [0.717, 1.165) is 31.0 Å². The van der Waals surface area contributed by atoms with Gasteiger partial charge in [0, 0.05) is 12.6 Å². The first-order valence-corrected chi connectivity index (χ1v) is 5.49. The lowest BCUT2D eigenvalue weighted by molar-refractivity contribution is 0.0512. The normalized spacial score (nSPS) is 11.2. The minimum atomic E-state index is 0.219. The van der Waals surface area contributed by atoms with E-state index in [1.165, 1.54) is 0 Å². The van der Waals surface area contributed by atoms with E-state index in [4.69, 9.17) is 9.26 Å². The van der Waals surface area contributed by atoms with Gasteiger partial charge in [0.25, 0.3) is 0 Å². The summed E-state index contributed by atoms with van der Waals surface area (Å²) in [4.78, 5) is 0. The van der Waals surface area contributed by atoms with Crippen LogP contribution in [-0.2, 0) is 17.9 Å². The van der Waals surface area contributed by atoms with Crippen molar-refractivity contribution in [3.05, 3.63) is 17.5 Å². The molecule has 0 amide bonds. The quantitative estimate of drug-likeness (QED) is 0.703. The molecule has 0 aromatic carbocycles. The Balaban J connectivity index is 2.29. The first-order chi connectivity index (χ1) is 7.22. The minimum absolute atomic E-state index is 0.219. The van der Waals surface area contributed by atoms with Gasteiger partial charge in [0.2, 0.25) is 0 Å². The molecule has 0 spiro atoms. The lowest BCUT2D eigenvalue weighted by atomic mass is 10.3. The molecule has 0 aliphatic heterocycles. The van der Waals surface area contributed by atoms with Gasteiger partial charge in [0.05, 0.1) is 11.8 Å². The Morgan fingerprint density at radius 2 is 2.33 bits per heavy atom. The topological polar surface area (TPSA) is 47.3 Å². The molecule has 0 radical (unpaired) electrons. The van der Waals surface area contributed by atoms with Crippen molar-refractivity contribution < 1.29 is 9.26 Å². The second kappa shape index (κ2) is 6.58. The van der Waals surface area contributed by atoms with Crippen molar-refractivity contribution in [2.45, 2.75) is 46.4 Å². The summed E-state index contributed by atoms with van der Waals surface area (Å²) in [6.07, 6.45) is 1.35. The Morgan fingerprint density at radius 1 is 1.53 bits per heavy atom. The zero-order valence-corrected chi connectivity index (χ0v) is 9.75. The SMILES string of the molecule is CCCNCc1cc(COC(C)C)on1. The molecule has 0 fully saturated rings. The number of nitrogens with zero attached hydrogens (tertiary/aromatic N) is 1. The van der Waals surface area contributed by atoms with Crippen molar-refractivity contribution in [1.82, 2.24) is 10.5 Å². The summed E-state index contributed by atoms with van der Waals surface area (Å²) >= 11 is 0. The third-order valence-corrected chi connectivity index (χ3v) is 1.90. The van der Waals surface area contributed by atoms with E-state index >= 15 is 0 Å². The number of nitrogens with one attached hydrogen (secondary N) is 1. The third-order valence-electron chi connectivity index (χ3n) is 1.90. The zero-order valence-electron chi connectivity index (χ0n) is 9.75. The van der Waals surface area contributed by atoms with E-state index in [1.807, 2.05) is 19.9 Å². The van der Waals surface area contributed by atoms with Crippen LogP contribution in [0.2, 0.25) is 0 Å². The van der Waals surface area contributed by atoms with Crippen molar-refractivity contribution in [3.63, 3.8) is 0 Å². The van der Waals surface area contributed by atoms with Gasteiger partial charge in [-0.25, -0.2) is 0 Å². The molecule has 4 heteroatoms. The highest BCUT2D eigenvalue weighted by Crippen LogP contribution is 2.06. The maximum Gasteiger partial charge on any atom is 0.162 e. The summed E-state index contributed by atoms with van der Waals surface area (Å²) in [6, 6.07) is 1.94. The zero-order chi connectivity index (χ0) is 11.1. The molecule has 1 aromatic heterocycles. The van der Waals surface area contributed by atoms with Crippen molar-refractivity contribution in [2.75, 3.05) is 6.54 Å². The highest BCUT2D eigenvalue weighted by atomic mass is 16.5. The van der Waals surface area contributed by atoms with Gasteiger partial charge >= 0.3 is 0 Å². The van der Waals surface area contributed by atoms with Crippen LogP contribution in [-0.4, -0.2) is 17.8 Å². The van der Waals surface area contributed by atoms with Gasteiger partial charge in [-0.05, 0) is 26.8 Å². The van der Waals surface area contributed by atoms with Crippen molar-refractivity contribution in [1.29, 1.82) is 0 Å². The Hall–Kier alpha value is -0.870. The van der Waals surface area contributed by atoms with Crippen LogP contribution >= 0.6 is 0 Å². The molecule has 0 atom stereocenters. The van der Waals surface area contributed by atoms with Gasteiger partial charge in [-0.3, -0.25) is 0 Å². The van der Waals surface area contributed by atoms with Gasteiger partial charge in [0.15, 0.2) is 5.76 Å². The summed E-state index contributed by atoms with van der Waals surface area (Å²) in [5, 5.41) is 7.21. The molecule has 1 N–H and O–H groups in total. The lowest BCUT2D eigenvalue weighted by Crippen LogP contribution is -2.13. The molecule has 15 heavy (non-hydrogen) atoms. The number of ether oxygens (including phenoxy) is 1. The van der Waals surface area contributed by atoms with Crippen LogP contribution in [0.1, 0.15) is 38.6 Å². The standard InChI is InChI=1S/C11H20N2O2/c1-4-5-12-7-10-6-11(15-13-10)8-14-9(2)3/h6,9,12H,4-5,7-8H2,1-3H3. The van der Waals surface area contributed by atoms with Crippen LogP contribution in [0.15, 0.2) is 10.6 Å². The fraction of sp³-hybridized carbons (Fsp3) is 0.727. The van der Waals surface area contributed by atoms with Crippen LogP contribution in [0.4, 0.5) is 0 Å². The van der Waals surface area contributed by atoms with E-state index in [9.17, 15) is 0 Å². The summed E-state index contributed by atoms with van der Waals surface area (Å²) in [5.74, 6) is 0.789. The van der Waals surface area contributed by atoms with Crippen molar-refractivity contribution in [2.24, 2.45) is 0 Å². The van der Waals surface area contributed by atoms with Gasteiger partial charge in [-0.1, -0.05) is 12.1 Å². The molecule has 1 aromatic rings. The van der Waals surface area contributed by atoms with Crippen molar-refractivity contribution >= 4 is 0 Å². The molecule has 4 nitrogen and oxygen atoms in total. The fourth-order valence-corrected chi connectivity index (χ4v) is 1.15. The molecule has 0 unspecified atom stereocenters. The first-order valence-electron chi connectivity index (χ1n) is 5.49. The summed E-state index contributed by atoms with van der Waals surface area (Å²) in [6.45, 7) is 8.40. The molecule has 0 saturated carbocycles. The maximum atomic E-state index is 5.41. The van der Waals surface area contributed by atoms with Gasteiger partial charge < -0.3 is 14.6 Å². The van der Waals surface area contributed by atoms with Gasteiger partial charge in [0.1, 0.15) is 6.61 Å². The van der Waals surface area contributed by atoms with Gasteiger partial charge in [-0.2, -0.15) is 0 Å². The average molecular weight is 212 g/mol. The van der Waals surface area contributed by atoms with E-state index in [0.29, 0.717) is 6.61 Å². The van der Waals surface area contributed by atoms with E-state index in [-0.39, 0.29) is 6.10 Å². The smallest absolute Gasteiger partial charge is 0.162 e. The van der Waals surface area contributed by atoms with Crippen LogP contribution in [0, 0.1) is 0 Å². The van der Waals surface area contributed by atoms with Crippen LogP contribution < -0.4 is 5.32 Å². The summed E-state index contributed by atoms with van der Waals surface area (Å²) in [7, 11) is 0. The lowest BCUT2D eigenvalue weighted by Gasteiger charge is -2.03. The second-order valence-electron chi connectivity index (χ2n) is 3.82. The summed E-state index contributed by atoms with van der Waals surface area (Å²) < 4.78 is 10.5. The van der Waals surface area contributed by atoms with E-state index < -0.39 is 0 Å². The van der Waals surface area contributed by atoms with E-state index in [1.54, 1.807) is 0 Å². The first kappa shape index (κ1) is 12.2. The van der Waals surface area contributed by atoms with Crippen LogP contribution in [0.3, 0.4) is 0 Å². The van der Waals surface area contributed by atoms with Gasteiger partial charge in [-0.15, -0.1) is 0 Å². The second-order valence-corrected chi connectivity index (χ2v) is 3.82. The third kappa shape index (κ3) is 4.95. The molecule has 1 heterocycles. The molecular weight excluding hydrogens is 192 g/mol. The molecule has 0 aliphatic rings. The Labute approximate surface area is 91.0 Å². The number of hydrogen-bond donors (Lipinski definition) is 1. The van der Waals surface area contributed by atoms with Crippen LogP contribution in [0.5, 0.6) is 0 Å². The predicted octanol–water partition coefficient (Wildman–Crippen LogP) is 2.10. The Kier molecular flexibility index (Phi) is 5.36. The highest BCUT2D eigenvalue weighted by molar-refractivity contribution is 5.04. The molecule has 0 bridgehead atoms. The highest BCUT2D eigenvalue weighted by Gasteiger charge is 2.04. The average Bonchev–Trinajstić information content (AvgIpc) is 2.63. The number of rotatable bonds is 7. The molecule has 0 aliphatic carbocycles. The number of hydrogen-bond acceptors (Lipinski definition) is 4. The Bertz CT molecular complexity index is 271. The number of aromatic nitrogens is 1. The summed E-state index contributed by atoms with van der Waals surface area (Å²) in [5.41, 5.74) is 0.936. The maximum absolute atomic E-state index is 5.41. The minimum Gasteiger partial charge on any atom is -0.371 e. The van der Waals surface area contributed by atoms with E-state index in [2.05, 4.69) is 17.4 Å².